The van der Waals surface area contributed by atoms with Crippen LogP contribution in [0.1, 0.15) is 16.1 Å². The van der Waals surface area contributed by atoms with Crippen LogP contribution in [-0.2, 0) is 0 Å². The van der Waals surface area contributed by atoms with Crippen molar-refractivity contribution in [2.24, 2.45) is 0 Å². The van der Waals surface area contributed by atoms with Crippen LogP contribution < -0.4 is 0 Å². The molecule has 0 aliphatic heterocycles. The van der Waals surface area contributed by atoms with Gasteiger partial charge in [-0.2, -0.15) is 0 Å². The van der Waals surface area contributed by atoms with Crippen LogP contribution in [0.4, 0.5) is 0 Å². The van der Waals surface area contributed by atoms with E-state index in [1.54, 1.807) is 12.3 Å². The van der Waals surface area contributed by atoms with E-state index in [2.05, 4.69) is 4.98 Å². The Morgan fingerprint density at radius 2 is 2.29 bits per heavy atom. The van der Waals surface area contributed by atoms with Gasteiger partial charge in [0.15, 0.2) is 17.9 Å². The number of carbonyl (C=O) groups excluding carboxylic acids is 1. The van der Waals surface area contributed by atoms with Gasteiger partial charge in [0.05, 0.1) is 11.8 Å². The summed E-state index contributed by atoms with van der Waals surface area (Å²) in [6.45, 7) is 1.98. The molecule has 0 spiro atoms. The van der Waals surface area contributed by atoms with Crippen LogP contribution >= 0.6 is 0 Å². The van der Waals surface area contributed by atoms with Crippen LogP contribution in [0.15, 0.2) is 41.1 Å². The van der Waals surface area contributed by atoms with E-state index in [0.717, 1.165) is 17.4 Å². The van der Waals surface area contributed by atoms with Gasteiger partial charge >= 0.3 is 0 Å². The zero-order valence-corrected chi connectivity index (χ0v) is 9.25. The van der Waals surface area contributed by atoms with Crippen molar-refractivity contribution in [3.05, 3.63) is 48.0 Å². The van der Waals surface area contributed by atoms with E-state index in [4.69, 9.17) is 4.42 Å². The molecular weight excluding hydrogens is 216 g/mol. The van der Waals surface area contributed by atoms with E-state index in [1.165, 1.54) is 0 Å². The van der Waals surface area contributed by atoms with Crippen molar-refractivity contribution >= 4 is 11.8 Å². The molecule has 0 bridgehead atoms. The Morgan fingerprint density at radius 1 is 1.41 bits per heavy atom. The third kappa shape index (κ3) is 1.45. The second kappa shape index (κ2) is 3.59. The van der Waals surface area contributed by atoms with Crippen molar-refractivity contribution in [3.63, 3.8) is 0 Å². The number of fused-ring (bicyclic) bond motifs is 1. The molecule has 0 atom stereocenters. The summed E-state index contributed by atoms with van der Waals surface area (Å²) in [6.07, 6.45) is 4.24. The number of furan rings is 1. The quantitative estimate of drug-likeness (QED) is 0.631. The van der Waals surface area contributed by atoms with Gasteiger partial charge in [0.25, 0.3) is 0 Å². The summed E-state index contributed by atoms with van der Waals surface area (Å²) < 4.78 is 7.17. The van der Waals surface area contributed by atoms with E-state index >= 15 is 0 Å². The number of aldehydes is 1. The first-order valence-electron chi connectivity index (χ1n) is 5.27. The Morgan fingerprint density at radius 3 is 3.00 bits per heavy atom. The van der Waals surface area contributed by atoms with Crippen molar-refractivity contribution in [2.75, 3.05) is 0 Å². The maximum absolute atomic E-state index is 11.0. The zero-order chi connectivity index (χ0) is 11.8. The van der Waals surface area contributed by atoms with E-state index in [9.17, 15) is 4.79 Å². The lowest BCUT2D eigenvalue weighted by Gasteiger charge is -1.98. The minimum atomic E-state index is 0.431. The predicted octanol–water partition coefficient (Wildman–Crippen LogP) is 2.72. The van der Waals surface area contributed by atoms with Crippen molar-refractivity contribution in [3.8, 4) is 11.6 Å². The molecule has 4 heteroatoms. The molecule has 3 aromatic heterocycles. The van der Waals surface area contributed by atoms with Crippen molar-refractivity contribution in [2.45, 2.75) is 6.92 Å². The van der Waals surface area contributed by atoms with Crippen molar-refractivity contribution in [1.82, 2.24) is 9.38 Å². The van der Waals surface area contributed by atoms with Crippen LogP contribution in [0, 0.1) is 6.92 Å². The average Bonchev–Trinajstić information content (AvgIpc) is 2.94. The van der Waals surface area contributed by atoms with E-state index in [0.29, 0.717) is 17.3 Å². The number of hydrogen-bond acceptors (Lipinski definition) is 3. The van der Waals surface area contributed by atoms with Gasteiger partial charge in [0.1, 0.15) is 5.69 Å². The van der Waals surface area contributed by atoms with Gasteiger partial charge in [0.2, 0.25) is 0 Å². The number of aryl methyl sites for hydroxylation is 1. The summed E-state index contributed by atoms with van der Waals surface area (Å²) in [5.41, 5.74) is 2.32. The molecule has 0 aliphatic carbocycles. The second-order valence-corrected chi connectivity index (χ2v) is 3.88. The Kier molecular flexibility index (Phi) is 2.08. The molecule has 84 valence electrons. The summed E-state index contributed by atoms with van der Waals surface area (Å²) in [5, 5.41) is 0. The first-order chi connectivity index (χ1) is 8.29. The Bertz CT molecular complexity index is 681. The summed E-state index contributed by atoms with van der Waals surface area (Å²) in [6, 6.07) is 7.52. The first-order valence-corrected chi connectivity index (χ1v) is 5.27. The van der Waals surface area contributed by atoms with Crippen LogP contribution in [-0.4, -0.2) is 15.7 Å². The third-order valence-electron chi connectivity index (χ3n) is 2.68. The van der Waals surface area contributed by atoms with E-state index in [-0.39, 0.29) is 0 Å². The van der Waals surface area contributed by atoms with Gasteiger partial charge in [-0.15, -0.1) is 0 Å². The SMILES string of the molecule is Cc1ccn2c(-c3ccco3)nc(C=O)c2c1. The summed E-state index contributed by atoms with van der Waals surface area (Å²) in [4.78, 5) is 15.3. The number of pyridine rings is 1. The minimum Gasteiger partial charge on any atom is -0.461 e. The van der Waals surface area contributed by atoms with E-state index < -0.39 is 0 Å². The normalized spacial score (nSPS) is 10.9. The molecule has 0 radical (unpaired) electrons. The number of hydrogen-bond donors (Lipinski definition) is 0. The number of carbonyl (C=O) groups is 1. The fourth-order valence-electron chi connectivity index (χ4n) is 1.88. The molecular formula is C13H10N2O2. The molecule has 3 rings (SSSR count). The monoisotopic (exact) mass is 226 g/mol. The van der Waals surface area contributed by atoms with E-state index in [1.807, 2.05) is 35.7 Å². The molecule has 0 amide bonds. The Balaban J connectivity index is 2.37. The molecule has 4 nitrogen and oxygen atoms in total. The molecule has 3 aromatic rings. The van der Waals surface area contributed by atoms with Crippen LogP contribution in [0.2, 0.25) is 0 Å². The second-order valence-electron chi connectivity index (χ2n) is 3.88. The number of nitrogens with zero attached hydrogens (tertiary/aromatic N) is 2. The average molecular weight is 226 g/mol. The summed E-state index contributed by atoms with van der Waals surface area (Å²) in [5.74, 6) is 1.30. The summed E-state index contributed by atoms with van der Waals surface area (Å²) >= 11 is 0. The molecule has 3 heterocycles. The third-order valence-corrected chi connectivity index (χ3v) is 2.68. The van der Waals surface area contributed by atoms with Crippen LogP contribution in [0.25, 0.3) is 17.1 Å². The molecule has 0 unspecified atom stereocenters. The molecule has 0 saturated carbocycles. The fourth-order valence-corrected chi connectivity index (χ4v) is 1.88. The maximum atomic E-state index is 11.0. The molecule has 0 saturated heterocycles. The molecule has 0 N–H and O–H groups in total. The smallest absolute Gasteiger partial charge is 0.181 e. The van der Waals surface area contributed by atoms with Crippen molar-refractivity contribution < 1.29 is 9.21 Å². The van der Waals surface area contributed by atoms with Gasteiger partial charge in [-0.05, 0) is 36.8 Å². The largest absolute Gasteiger partial charge is 0.461 e. The Labute approximate surface area is 97.5 Å². The Hall–Kier alpha value is -2.36. The number of imidazole rings is 1. The number of aromatic nitrogens is 2. The lowest BCUT2D eigenvalue weighted by molar-refractivity contribution is 0.112. The minimum absolute atomic E-state index is 0.431. The van der Waals surface area contributed by atoms with Crippen LogP contribution in [0.3, 0.4) is 0 Å². The highest BCUT2D eigenvalue weighted by molar-refractivity contribution is 5.85. The molecule has 0 fully saturated rings. The van der Waals surface area contributed by atoms with Crippen molar-refractivity contribution in [1.29, 1.82) is 0 Å². The number of rotatable bonds is 2. The predicted molar refractivity (Wildman–Crippen MR) is 63.0 cm³/mol. The zero-order valence-electron chi connectivity index (χ0n) is 9.25. The van der Waals surface area contributed by atoms with Crippen LogP contribution in [0.5, 0.6) is 0 Å². The molecule has 0 aliphatic rings. The van der Waals surface area contributed by atoms with Gasteiger partial charge in [-0.25, -0.2) is 4.98 Å². The first kappa shape index (κ1) is 9.84. The van der Waals surface area contributed by atoms with Gasteiger partial charge < -0.3 is 4.42 Å². The molecule has 17 heavy (non-hydrogen) atoms. The highest BCUT2D eigenvalue weighted by atomic mass is 16.3. The highest BCUT2D eigenvalue weighted by Crippen LogP contribution is 2.22. The standard InChI is InChI=1S/C13H10N2O2/c1-9-4-5-15-11(7-9)10(8-16)14-13(15)12-3-2-6-17-12/h2-8H,1H3. The lowest BCUT2D eigenvalue weighted by Crippen LogP contribution is -1.88. The van der Waals surface area contributed by atoms with Gasteiger partial charge in [-0.3, -0.25) is 9.20 Å². The summed E-state index contributed by atoms with van der Waals surface area (Å²) in [7, 11) is 0. The topological polar surface area (TPSA) is 47.5 Å². The van der Waals surface area contributed by atoms with Gasteiger partial charge in [-0.1, -0.05) is 0 Å². The van der Waals surface area contributed by atoms with Gasteiger partial charge in [0, 0.05) is 6.20 Å². The lowest BCUT2D eigenvalue weighted by atomic mass is 10.2. The fraction of sp³-hybridized carbons (Fsp3) is 0.0769. The highest BCUT2D eigenvalue weighted by Gasteiger charge is 2.13. The molecule has 0 aromatic carbocycles. The maximum Gasteiger partial charge on any atom is 0.181 e.